The van der Waals surface area contributed by atoms with E-state index in [-0.39, 0.29) is 24.5 Å². The summed E-state index contributed by atoms with van der Waals surface area (Å²) in [5, 5.41) is 20.8. The van der Waals surface area contributed by atoms with Gasteiger partial charge in [-0.3, -0.25) is 9.69 Å². The molecule has 1 aromatic rings. The van der Waals surface area contributed by atoms with Gasteiger partial charge in [-0.25, -0.2) is 0 Å². The molecule has 2 atom stereocenters. The number of rotatable bonds is 4. The number of benzene rings is 1. The molecule has 5 nitrogen and oxygen atoms in total. The van der Waals surface area contributed by atoms with Crippen LogP contribution in [-0.2, 0) is 4.79 Å². The Morgan fingerprint density at radius 1 is 1.65 bits per heavy atom. The maximum atomic E-state index is 12.2. The summed E-state index contributed by atoms with van der Waals surface area (Å²) in [7, 11) is 0. The molecular formula is C15H19N3O2. The highest BCUT2D eigenvalue weighted by atomic mass is 16.3. The second-order valence-corrected chi connectivity index (χ2v) is 5.19. The van der Waals surface area contributed by atoms with Gasteiger partial charge >= 0.3 is 0 Å². The summed E-state index contributed by atoms with van der Waals surface area (Å²) in [5.41, 5.74) is 1.16. The molecule has 0 aliphatic carbocycles. The van der Waals surface area contributed by atoms with Crippen molar-refractivity contribution in [2.45, 2.75) is 19.4 Å². The molecule has 2 rings (SSSR count). The third-order valence-corrected chi connectivity index (χ3v) is 3.76. The van der Waals surface area contributed by atoms with Crippen LogP contribution in [0.4, 0.5) is 5.69 Å². The van der Waals surface area contributed by atoms with Crippen molar-refractivity contribution in [1.82, 2.24) is 4.90 Å². The number of nitriles is 1. The summed E-state index contributed by atoms with van der Waals surface area (Å²) >= 11 is 0. The Morgan fingerprint density at radius 3 is 3.10 bits per heavy atom. The van der Waals surface area contributed by atoms with Gasteiger partial charge in [0.1, 0.15) is 0 Å². The van der Waals surface area contributed by atoms with Gasteiger partial charge in [-0.2, -0.15) is 5.26 Å². The second kappa shape index (κ2) is 6.51. The summed E-state index contributed by atoms with van der Waals surface area (Å²) in [4.78, 5) is 14.3. The normalized spacial score (nSPS) is 20.4. The van der Waals surface area contributed by atoms with E-state index in [2.05, 4.69) is 10.2 Å². The van der Waals surface area contributed by atoms with Crippen LogP contribution in [0.3, 0.4) is 0 Å². The fourth-order valence-electron chi connectivity index (χ4n) is 2.44. The fraction of sp³-hybridized carbons (Fsp3) is 0.467. The molecule has 0 bridgehead atoms. The third-order valence-electron chi connectivity index (χ3n) is 3.76. The van der Waals surface area contributed by atoms with Crippen LogP contribution < -0.4 is 5.32 Å². The van der Waals surface area contributed by atoms with Crippen LogP contribution in [0.15, 0.2) is 24.3 Å². The van der Waals surface area contributed by atoms with Gasteiger partial charge in [0.25, 0.3) is 0 Å². The first-order valence-electron chi connectivity index (χ1n) is 6.80. The zero-order chi connectivity index (χ0) is 14.5. The lowest BCUT2D eigenvalue weighted by Gasteiger charge is -2.23. The molecule has 0 saturated carbocycles. The molecule has 106 valence electrons. The molecule has 1 saturated heterocycles. The van der Waals surface area contributed by atoms with Gasteiger partial charge in [0.2, 0.25) is 5.91 Å². The number of aliphatic hydroxyl groups is 1. The maximum Gasteiger partial charge on any atom is 0.241 e. The maximum absolute atomic E-state index is 12.2. The van der Waals surface area contributed by atoms with Gasteiger partial charge < -0.3 is 10.4 Å². The van der Waals surface area contributed by atoms with Crippen LogP contribution in [0.1, 0.15) is 18.9 Å². The average Bonchev–Trinajstić information content (AvgIpc) is 2.95. The Bertz CT molecular complexity index is 524. The lowest BCUT2D eigenvalue weighted by molar-refractivity contribution is -0.120. The van der Waals surface area contributed by atoms with Gasteiger partial charge in [-0.1, -0.05) is 6.07 Å². The number of aliphatic hydroxyl groups excluding tert-OH is 1. The van der Waals surface area contributed by atoms with Crippen molar-refractivity contribution in [2.75, 3.05) is 25.0 Å². The van der Waals surface area contributed by atoms with Crippen molar-refractivity contribution in [1.29, 1.82) is 5.26 Å². The van der Waals surface area contributed by atoms with E-state index >= 15 is 0 Å². The number of carbonyl (C=O) groups excluding carboxylic acids is 1. The summed E-state index contributed by atoms with van der Waals surface area (Å²) in [6.45, 7) is 3.62. The Labute approximate surface area is 118 Å². The Kier molecular flexibility index (Phi) is 4.72. The van der Waals surface area contributed by atoms with E-state index in [4.69, 9.17) is 10.4 Å². The third kappa shape index (κ3) is 3.35. The minimum atomic E-state index is -0.239. The number of hydrogen-bond acceptors (Lipinski definition) is 4. The van der Waals surface area contributed by atoms with Crippen LogP contribution in [-0.4, -0.2) is 41.7 Å². The minimum Gasteiger partial charge on any atom is -0.396 e. The van der Waals surface area contributed by atoms with E-state index in [1.54, 1.807) is 24.3 Å². The molecule has 0 radical (unpaired) electrons. The van der Waals surface area contributed by atoms with Crippen molar-refractivity contribution in [2.24, 2.45) is 5.92 Å². The molecule has 1 aliphatic heterocycles. The topological polar surface area (TPSA) is 76.4 Å². The van der Waals surface area contributed by atoms with Gasteiger partial charge in [0.15, 0.2) is 0 Å². The predicted octanol–water partition coefficient (Wildman–Crippen LogP) is 1.20. The molecule has 5 heteroatoms. The SMILES string of the molecule is CC(C(=O)Nc1cccc(C#N)c1)N1CCC(CO)C1. The van der Waals surface area contributed by atoms with Crippen molar-refractivity contribution < 1.29 is 9.90 Å². The van der Waals surface area contributed by atoms with Gasteiger partial charge in [-0.05, 0) is 44.0 Å². The monoisotopic (exact) mass is 273 g/mol. The van der Waals surface area contributed by atoms with Crippen molar-refractivity contribution >= 4 is 11.6 Å². The standard InChI is InChI=1S/C15H19N3O2/c1-11(18-6-5-13(9-18)10-19)15(20)17-14-4-2-3-12(7-14)8-16/h2-4,7,11,13,19H,5-6,9-10H2,1H3,(H,17,20). The molecule has 1 fully saturated rings. The number of likely N-dealkylation sites (tertiary alicyclic amines) is 1. The molecule has 1 amide bonds. The van der Waals surface area contributed by atoms with Crippen LogP contribution >= 0.6 is 0 Å². The number of carbonyl (C=O) groups is 1. The molecule has 2 unspecified atom stereocenters. The summed E-state index contributed by atoms with van der Waals surface area (Å²) < 4.78 is 0. The predicted molar refractivity (Wildman–Crippen MR) is 76.0 cm³/mol. The molecule has 1 heterocycles. The Hall–Kier alpha value is -1.90. The number of nitrogens with zero attached hydrogens (tertiary/aromatic N) is 2. The highest BCUT2D eigenvalue weighted by molar-refractivity contribution is 5.94. The lowest BCUT2D eigenvalue weighted by atomic mass is 10.1. The average molecular weight is 273 g/mol. The smallest absolute Gasteiger partial charge is 0.241 e. The number of amides is 1. The summed E-state index contributed by atoms with van der Waals surface area (Å²) in [6.07, 6.45) is 0.929. The molecular weight excluding hydrogens is 254 g/mol. The van der Waals surface area contributed by atoms with Gasteiger partial charge in [0.05, 0.1) is 17.7 Å². The first kappa shape index (κ1) is 14.5. The minimum absolute atomic E-state index is 0.0846. The van der Waals surface area contributed by atoms with E-state index in [0.29, 0.717) is 11.3 Å². The van der Waals surface area contributed by atoms with Crippen molar-refractivity contribution in [3.05, 3.63) is 29.8 Å². The van der Waals surface area contributed by atoms with Gasteiger partial charge in [0, 0.05) is 18.8 Å². The zero-order valence-corrected chi connectivity index (χ0v) is 11.5. The zero-order valence-electron chi connectivity index (χ0n) is 11.5. The first-order valence-corrected chi connectivity index (χ1v) is 6.80. The largest absolute Gasteiger partial charge is 0.396 e. The second-order valence-electron chi connectivity index (χ2n) is 5.19. The van der Waals surface area contributed by atoms with E-state index in [1.165, 1.54) is 0 Å². The lowest BCUT2D eigenvalue weighted by Crippen LogP contribution is -2.40. The van der Waals surface area contributed by atoms with E-state index in [9.17, 15) is 4.79 Å². The number of nitrogens with one attached hydrogen (secondary N) is 1. The Balaban J connectivity index is 1.96. The highest BCUT2D eigenvalue weighted by Crippen LogP contribution is 2.19. The summed E-state index contributed by atoms with van der Waals surface area (Å²) in [5.74, 6) is 0.186. The van der Waals surface area contributed by atoms with Gasteiger partial charge in [-0.15, -0.1) is 0 Å². The molecule has 2 N–H and O–H groups in total. The van der Waals surface area contributed by atoms with E-state index < -0.39 is 0 Å². The molecule has 1 aliphatic rings. The first-order chi connectivity index (χ1) is 9.63. The molecule has 0 spiro atoms. The van der Waals surface area contributed by atoms with Crippen molar-refractivity contribution in [3.8, 4) is 6.07 Å². The Morgan fingerprint density at radius 2 is 2.45 bits per heavy atom. The van der Waals surface area contributed by atoms with E-state index in [1.807, 2.05) is 13.0 Å². The van der Waals surface area contributed by atoms with Crippen molar-refractivity contribution in [3.63, 3.8) is 0 Å². The van der Waals surface area contributed by atoms with Crippen LogP contribution in [0.5, 0.6) is 0 Å². The fourth-order valence-corrected chi connectivity index (χ4v) is 2.44. The van der Waals surface area contributed by atoms with Crippen LogP contribution in [0.25, 0.3) is 0 Å². The molecule has 1 aromatic carbocycles. The summed E-state index contributed by atoms with van der Waals surface area (Å²) in [6, 6.07) is 8.68. The molecule has 20 heavy (non-hydrogen) atoms. The van der Waals surface area contributed by atoms with Crippen LogP contribution in [0.2, 0.25) is 0 Å². The number of hydrogen-bond donors (Lipinski definition) is 2. The molecule has 0 aromatic heterocycles. The highest BCUT2D eigenvalue weighted by Gasteiger charge is 2.29. The quantitative estimate of drug-likeness (QED) is 0.864. The van der Waals surface area contributed by atoms with E-state index in [0.717, 1.165) is 19.5 Å². The number of anilines is 1. The van der Waals surface area contributed by atoms with Crippen LogP contribution in [0, 0.1) is 17.2 Å².